The Labute approximate surface area is 116 Å². The molecular weight excluding hydrogens is 260 g/mol. The number of hydrogen-bond acceptors (Lipinski definition) is 4. The van der Waals surface area contributed by atoms with Gasteiger partial charge < -0.3 is 9.53 Å². The maximum atomic E-state index is 12.0. The van der Waals surface area contributed by atoms with Crippen molar-refractivity contribution in [2.24, 2.45) is 11.8 Å². The lowest BCUT2D eigenvalue weighted by Crippen LogP contribution is -2.33. The number of ether oxygens (including phenoxy) is 1. The Bertz CT molecular complexity index is 604. The third kappa shape index (κ3) is 2.47. The molecule has 0 bridgehead atoms. The number of carbonyl (C=O) groups is 1. The van der Waals surface area contributed by atoms with Gasteiger partial charge in [0.1, 0.15) is 6.29 Å². The second-order valence-electron chi connectivity index (χ2n) is 5.38. The first kappa shape index (κ1) is 14.7. The summed E-state index contributed by atoms with van der Waals surface area (Å²) in [6.45, 7) is 6.12. The largest absolute Gasteiger partial charge is 0.369 e. The lowest BCUT2D eigenvalue weighted by Gasteiger charge is -2.16. The van der Waals surface area contributed by atoms with E-state index in [1.165, 1.54) is 10.8 Å². The van der Waals surface area contributed by atoms with Crippen LogP contribution in [0.4, 0.5) is 0 Å². The van der Waals surface area contributed by atoms with E-state index in [0.29, 0.717) is 17.8 Å². The van der Waals surface area contributed by atoms with Crippen LogP contribution in [-0.4, -0.2) is 21.9 Å². The van der Waals surface area contributed by atoms with Crippen molar-refractivity contribution in [3.63, 3.8) is 0 Å². The van der Waals surface area contributed by atoms with E-state index in [9.17, 15) is 14.4 Å². The average molecular weight is 280 g/mol. The zero-order valence-electron chi connectivity index (χ0n) is 12.0. The van der Waals surface area contributed by atoms with Crippen LogP contribution in [0.25, 0.3) is 0 Å². The van der Waals surface area contributed by atoms with Crippen LogP contribution in [0.3, 0.4) is 0 Å². The number of nitrogens with one attached hydrogen (secondary N) is 1. The van der Waals surface area contributed by atoms with E-state index in [1.54, 1.807) is 0 Å². The number of rotatable bonds is 4. The standard InChI is InChI=1S/C14H20N2O4/c1-4-11-8(2)9(3)12(20-11)10-7-16(5-6-17)14(19)15-13(10)18/h6-9,11-12H,4-5H2,1-3H3,(H,15,18,19)/t8?,9-,11+,12+/m0/s1. The molecule has 1 aromatic rings. The van der Waals surface area contributed by atoms with Crippen LogP contribution in [-0.2, 0) is 16.1 Å². The Morgan fingerprint density at radius 3 is 2.60 bits per heavy atom. The molecule has 1 fully saturated rings. The summed E-state index contributed by atoms with van der Waals surface area (Å²) in [7, 11) is 0. The number of aromatic amines is 1. The van der Waals surface area contributed by atoms with Gasteiger partial charge in [0.05, 0.1) is 24.3 Å². The van der Waals surface area contributed by atoms with Gasteiger partial charge in [-0.1, -0.05) is 20.8 Å². The molecule has 20 heavy (non-hydrogen) atoms. The third-order valence-electron chi connectivity index (χ3n) is 4.23. The van der Waals surface area contributed by atoms with E-state index in [0.717, 1.165) is 6.42 Å². The quantitative estimate of drug-likeness (QED) is 0.829. The molecule has 6 nitrogen and oxygen atoms in total. The van der Waals surface area contributed by atoms with Crippen molar-refractivity contribution in [2.45, 2.75) is 45.9 Å². The van der Waals surface area contributed by atoms with Gasteiger partial charge in [0.25, 0.3) is 5.56 Å². The summed E-state index contributed by atoms with van der Waals surface area (Å²) in [5, 5.41) is 0. The van der Waals surface area contributed by atoms with Gasteiger partial charge in [-0.3, -0.25) is 14.3 Å². The van der Waals surface area contributed by atoms with Gasteiger partial charge in [-0.15, -0.1) is 0 Å². The van der Waals surface area contributed by atoms with Crippen LogP contribution in [0.2, 0.25) is 0 Å². The number of hydrogen-bond donors (Lipinski definition) is 1. The Morgan fingerprint density at radius 2 is 2.05 bits per heavy atom. The summed E-state index contributed by atoms with van der Waals surface area (Å²) in [6.07, 6.45) is 2.73. The Kier molecular flexibility index (Phi) is 4.23. The molecule has 0 spiro atoms. The van der Waals surface area contributed by atoms with Gasteiger partial charge in [0.2, 0.25) is 0 Å². The maximum absolute atomic E-state index is 12.0. The minimum absolute atomic E-state index is 0.0729. The molecule has 110 valence electrons. The lowest BCUT2D eigenvalue weighted by atomic mass is 9.87. The van der Waals surface area contributed by atoms with Crippen LogP contribution in [0.1, 0.15) is 38.9 Å². The van der Waals surface area contributed by atoms with Crippen molar-refractivity contribution < 1.29 is 9.53 Å². The topological polar surface area (TPSA) is 81.2 Å². The van der Waals surface area contributed by atoms with Crippen LogP contribution in [0, 0.1) is 11.8 Å². The SMILES string of the molecule is CC[C@H]1O[C@@H](c2cn(CC=O)c(=O)[nH]c2=O)[C@@H](C)C1C. The molecular formula is C14H20N2O4. The number of nitrogens with zero attached hydrogens (tertiary/aromatic N) is 1. The second-order valence-corrected chi connectivity index (χ2v) is 5.38. The van der Waals surface area contributed by atoms with E-state index in [-0.39, 0.29) is 24.7 Å². The van der Waals surface area contributed by atoms with Gasteiger partial charge in [0.15, 0.2) is 0 Å². The summed E-state index contributed by atoms with van der Waals surface area (Å²) < 4.78 is 7.15. The van der Waals surface area contributed by atoms with Crippen molar-refractivity contribution in [2.75, 3.05) is 0 Å². The van der Waals surface area contributed by atoms with E-state index in [1.807, 2.05) is 13.8 Å². The molecule has 1 aliphatic rings. The summed E-state index contributed by atoms with van der Waals surface area (Å²) in [6, 6.07) is 0. The summed E-state index contributed by atoms with van der Waals surface area (Å²) in [5.41, 5.74) is -0.587. The highest BCUT2D eigenvalue weighted by atomic mass is 16.5. The first-order valence-corrected chi connectivity index (χ1v) is 6.92. The average Bonchev–Trinajstić information content (AvgIpc) is 2.70. The van der Waals surface area contributed by atoms with E-state index in [4.69, 9.17) is 4.74 Å². The first-order valence-electron chi connectivity index (χ1n) is 6.92. The number of aldehydes is 1. The van der Waals surface area contributed by atoms with E-state index < -0.39 is 11.2 Å². The normalized spacial score (nSPS) is 29.6. The maximum Gasteiger partial charge on any atom is 0.328 e. The molecule has 1 saturated heterocycles. The molecule has 1 unspecified atom stereocenters. The molecule has 1 N–H and O–H groups in total. The van der Waals surface area contributed by atoms with Crippen molar-refractivity contribution in [3.05, 3.63) is 32.6 Å². The van der Waals surface area contributed by atoms with E-state index >= 15 is 0 Å². The summed E-state index contributed by atoms with van der Waals surface area (Å²) in [5.74, 6) is 0.527. The first-order chi connectivity index (χ1) is 9.49. The van der Waals surface area contributed by atoms with Gasteiger partial charge in [-0.05, 0) is 18.3 Å². The number of carbonyl (C=O) groups excluding carboxylic acids is 1. The summed E-state index contributed by atoms with van der Waals surface area (Å²) >= 11 is 0. The monoisotopic (exact) mass is 280 g/mol. The molecule has 2 rings (SSSR count). The Balaban J connectivity index is 2.43. The highest BCUT2D eigenvalue weighted by Gasteiger charge is 2.40. The molecule has 1 aromatic heterocycles. The summed E-state index contributed by atoms with van der Waals surface area (Å²) in [4.78, 5) is 36.4. The van der Waals surface area contributed by atoms with Gasteiger partial charge in [-0.2, -0.15) is 0 Å². The number of aromatic nitrogens is 2. The van der Waals surface area contributed by atoms with Gasteiger partial charge in [-0.25, -0.2) is 4.79 Å². The lowest BCUT2D eigenvalue weighted by molar-refractivity contribution is -0.108. The van der Waals surface area contributed by atoms with Gasteiger partial charge >= 0.3 is 5.69 Å². The van der Waals surface area contributed by atoms with Crippen LogP contribution < -0.4 is 11.2 Å². The molecule has 0 radical (unpaired) electrons. The zero-order valence-corrected chi connectivity index (χ0v) is 12.0. The molecule has 4 atom stereocenters. The van der Waals surface area contributed by atoms with E-state index in [2.05, 4.69) is 11.9 Å². The predicted molar refractivity (Wildman–Crippen MR) is 73.6 cm³/mol. The zero-order chi connectivity index (χ0) is 14.9. The molecule has 0 amide bonds. The second kappa shape index (κ2) is 5.75. The van der Waals surface area contributed by atoms with Crippen LogP contribution >= 0.6 is 0 Å². The number of H-pyrrole nitrogens is 1. The third-order valence-corrected chi connectivity index (χ3v) is 4.23. The molecule has 0 aliphatic carbocycles. The van der Waals surface area contributed by atoms with Crippen molar-refractivity contribution in [1.82, 2.24) is 9.55 Å². The molecule has 0 aromatic carbocycles. The van der Waals surface area contributed by atoms with Crippen molar-refractivity contribution >= 4 is 6.29 Å². The fourth-order valence-corrected chi connectivity index (χ4v) is 2.82. The van der Waals surface area contributed by atoms with Crippen LogP contribution in [0.5, 0.6) is 0 Å². The predicted octanol–water partition coefficient (Wildman–Crippen LogP) is 0.858. The van der Waals surface area contributed by atoms with Gasteiger partial charge in [0, 0.05) is 6.20 Å². The van der Waals surface area contributed by atoms with Crippen molar-refractivity contribution in [1.29, 1.82) is 0 Å². The smallest absolute Gasteiger partial charge is 0.328 e. The highest BCUT2D eigenvalue weighted by Crippen LogP contribution is 2.41. The highest BCUT2D eigenvalue weighted by molar-refractivity contribution is 5.49. The minimum atomic E-state index is -0.573. The van der Waals surface area contributed by atoms with Crippen molar-refractivity contribution in [3.8, 4) is 0 Å². The molecule has 0 saturated carbocycles. The fourth-order valence-electron chi connectivity index (χ4n) is 2.82. The minimum Gasteiger partial charge on any atom is -0.369 e. The molecule has 1 aliphatic heterocycles. The molecule has 6 heteroatoms. The fraction of sp³-hybridized carbons (Fsp3) is 0.643. The molecule has 2 heterocycles. The van der Waals surface area contributed by atoms with Crippen LogP contribution in [0.15, 0.2) is 15.8 Å². The Morgan fingerprint density at radius 1 is 1.35 bits per heavy atom. The Hall–Kier alpha value is -1.69.